The molecule has 0 aromatic carbocycles. The van der Waals surface area contributed by atoms with Crippen LogP contribution in [0, 0.1) is 16.0 Å². The van der Waals surface area contributed by atoms with Crippen molar-refractivity contribution in [3.8, 4) is 0 Å². The molecular weight excluding hydrogens is 314 g/mol. The number of aromatic nitrogens is 1. The highest BCUT2D eigenvalue weighted by Crippen LogP contribution is 2.30. The smallest absolute Gasteiger partial charge is 0.358 e. The van der Waals surface area contributed by atoms with Crippen LogP contribution >= 0.6 is 15.9 Å². The maximum absolute atomic E-state index is 12.4. The molecule has 0 aliphatic heterocycles. The first-order valence-corrected chi connectivity index (χ1v) is 6.91. The lowest BCUT2D eigenvalue weighted by Gasteiger charge is -2.20. The van der Waals surface area contributed by atoms with E-state index in [4.69, 9.17) is 0 Å². The van der Waals surface area contributed by atoms with Gasteiger partial charge in [0.1, 0.15) is 0 Å². The van der Waals surface area contributed by atoms with Crippen molar-refractivity contribution >= 4 is 27.7 Å². The summed E-state index contributed by atoms with van der Waals surface area (Å²) < 4.78 is 0.484. The minimum Gasteiger partial charge on any atom is -0.358 e. The third-order valence-corrected chi connectivity index (χ3v) is 3.73. The summed E-state index contributed by atoms with van der Waals surface area (Å²) in [7, 11) is 0. The molecule has 1 saturated carbocycles. The maximum Gasteiger partial charge on any atom is 0.364 e. The van der Waals surface area contributed by atoms with E-state index in [1.165, 1.54) is 12.3 Å². The zero-order valence-electron chi connectivity index (χ0n) is 10.5. The van der Waals surface area contributed by atoms with Gasteiger partial charge in [-0.3, -0.25) is 4.79 Å². The highest BCUT2D eigenvalue weighted by atomic mass is 79.9. The van der Waals surface area contributed by atoms with Gasteiger partial charge in [-0.2, -0.15) is 0 Å². The SMILES string of the molecule is CCN(CC1CC1)C(=O)c1cc([N+](=O)[O-])ncc1Br. The summed E-state index contributed by atoms with van der Waals surface area (Å²) in [6.45, 7) is 3.22. The molecule has 1 heterocycles. The van der Waals surface area contributed by atoms with Crippen molar-refractivity contribution in [2.45, 2.75) is 19.8 Å². The van der Waals surface area contributed by atoms with Crippen LogP contribution in [0.25, 0.3) is 0 Å². The number of halogens is 1. The number of pyridine rings is 1. The Kier molecular flexibility index (Phi) is 4.14. The quantitative estimate of drug-likeness (QED) is 0.615. The van der Waals surface area contributed by atoms with Crippen LogP contribution < -0.4 is 0 Å². The van der Waals surface area contributed by atoms with Gasteiger partial charge in [0.05, 0.1) is 10.0 Å². The Morgan fingerprint density at radius 3 is 2.84 bits per heavy atom. The average Bonchev–Trinajstić information content (AvgIpc) is 3.19. The number of amides is 1. The van der Waals surface area contributed by atoms with E-state index in [2.05, 4.69) is 20.9 Å². The maximum atomic E-state index is 12.4. The standard InChI is InChI=1S/C12H14BrN3O3/c1-2-15(7-8-3-4-8)12(17)9-5-11(16(18)19)14-6-10(9)13/h5-6,8H,2-4,7H2,1H3. The largest absolute Gasteiger partial charge is 0.364 e. The van der Waals surface area contributed by atoms with E-state index >= 15 is 0 Å². The Morgan fingerprint density at radius 1 is 1.63 bits per heavy atom. The molecule has 7 heteroatoms. The first-order chi connectivity index (χ1) is 9.02. The number of nitrogens with zero attached hydrogens (tertiary/aromatic N) is 3. The molecule has 0 radical (unpaired) electrons. The molecule has 2 rings (SSSR count). The molecule has 1 aromatic heterocycles. The molecule has 0 unspecified atom stereocenters. The van der Waals surface area contributed by atoms with E-state index in [1.54, 1.807) is 4.90 Å². The molecule has 19 heavy (non-hydrogen) atoms. The van der Waals surface area contributed by atoms with Gasteiger partial charge in [0.25, 0.3) is 5.91 Å². The van der Waals surface area contributed by atoms with Gasteiger partial charge in [0.2, 0.25) is 0 Å². The lowest BCUT2D eigenvalue weighted by atomic mass is 10.2. The monoisotopic (exact) mass is 327 g/mol. The number of carbonyl (C=O) groups excluding carboxylic acids is 1. The van der Waals surface area contributed by atoms with E-state index in [-0.39, 0.29) is 11.7 Å². The number of nitro groups is 1. The number of hydrogen-bond acceptors (Lipinski definition) is 4. The summed E-state index contributed by atoms with van der Waals surface area (Å²) in [6.07, 6.45) is 3.61. The molecule has 1 aliphatic rings. The second-order valence-electron chi connectivity index (χ2n) is 4.57. The molecule has 0 atom stereocenters. The third kappa shape index (κ3) is 3.28. The van der Waals surface area contributed by atoms with E-state index in [9.17, 15) is 14.9 Å². The lowest BCUT2D eigenvalue weighted by molar-refractivity contribution is -0.389. The fourth-order valence-electron chi connectivity index (χ4n) is 1.83. The van der Waals surface area contributed by atoms with E-state index in [0.29, 0.717) is 22.5 Å². The molecule has 102 valence electrons. The summed E-state index contributed by atoms with van der Waals surface area (Å²) in [5.74, 6) is 0.0836. The van der Waals surface area contributed by atoms with Crippen LogP contribution in [-0.2, 0) is 0 Å². The zero-order chi connectivity index (χ0) is 14.0. The Morgan fingerprint density at radius 2 is 2.32 bits per heavy atom. The third-order valence-electron chi connectivity index (χ3n) is 3.10. The Hall–Kier alpha value is -1.50. The highest BCUT2D eigenvalue weighted by Gasteiger charge is 2.28. The summed E-state index contributed by atoms with van der Waals surface area (Å²) >= 11 is 3.23. The first-order valence-electron chi connectivity index (χ1n) is 6.12. The van der Waals surface area contributed by atoms with Crippen molar-refractivity contribution in [3.63, 3.8) is 0 Å². The lowest BCUT2D eigenvalue weighted by Crippen LogP contribution is -2.33. The molecule has 0 saturated heterocycles. The minimum atomic E-state index is -0.597. The summed E-state index contributed by atoms with van der Waals surface area (Å²) in [4.78, 5) is 27.9. The summed E-state index contributed by atoms with van der Waals surface area (Å²) in [5, 5.41) is 10.7. The molecule has 6 nitrogen and oxygen atoms in total. The fraction of sp³-hybridized carbons (Fsp3) is 0.500. The number of carbonyl (C=O) groups is 1. The van der Waals surface area contributed by atoms with Gasteiger partial charge in [0, 0.05) is 19.2 Å². The summed E-state index contributed by atoms with van der Waals surface area (Å²) in [6, 6.07) is 1.22. The second kappa shape index (κ2) is 5.64. The van der Waals surface area contributed by atoms with Crippen LogP contribution in [0.3, 0.4) is 0 Å². The van der Waals surface area contributed by atoms with Crippen LogP contribution in [0.5, 0.6) is 0 Å². The predicted molar refractivity (Wildman–Crippen MR) is 72.9 cm³/mol. The molecule has 1 fully saturated rings. The molecule has 0 spiro atoms. The van der Waals surface area contributed by atoms with Crippen molar-refractivity contribution in [2.75, 3.05) is 13.1 Å². The van der Waals surface area contributed by atoms with Crippen molar-refractivity contribution in [1.82, 2.24) is 9.88 Å². The van der Waals surface area contributed by atoms with Gasteiger partial charge in [-0.25, -0.2) is 0 Å². The van der Waals surface area contributed by atoms with E-state index in [0.717, 1.165) is 19.4 Å². The summed E-state index contributed by atoms with van der Waals surface area (Å²) in [5.41, 5.74) is 0.296. The van der Waals surface area contributed by atoms with Crippen LogP contribution in [0.1, 0.15) is 30.1 Å². The van der Waals surface area contributed by atoms with Crippen LogP contribution in [0.4, 0.5) is 5.82 Å². The predicted octanol–water partition coefficient (Wildman–Crippen LogP) is 2.62. The highest BCUT2D eigenvalue weighted by molar-refractivity contribution is 9.10. The van der Waals surface area contributed by atoms with Crippen molar-refractivity contribution in [3.05, 3.63) is 32.4 Å². The minimum absolute atomic E-state index is 0.188. The molecule has 1 aliphatic carbocycles. The Balaban J connectivity index is 2.25. The van der Waals surface area contributed by atoms with Gasteiger partial charge in [-0.05, 0) is 51.5 Å². The second-order valence-corrected chi connectivity index (χ2v) is 5.42. The average molecular weight is 328 g/mol. The van der Waals surface area contributed by atoms with Gasteiger partial charge in [-0.15, -0.1) is 0 Å². The van der Waals surface area contributed by atoms with E-state index < -0.39 is 4.92 Å². The van der Waals surface area contributed by atoms with Crippen LogP contribution in [0.2, 0.25) is 0 Å². The van der Waals surface area contributed by atoms with Gasteiger partial charge in [0.15, 0.2) is 6.20 Å². The van der Waals surface area contributed by atoms with Crippen molar-refractivity contribution in [1.29, 1.82) is 0 Å². The fourth-order valence-corrected chi connectivity index (χ4v) is 2.22. The molecule has 0 bridgehead atoms. The van der Waals surface area contributed by atoms with Gasteiger partial charge < -0.3 is 15.0 Å². The Bertz CT molecular complexity index is 517. The zero-order valence-corrected chi connectivity index (χ0v) is 12.1. The molecule has 1 aromatic rings. The van der Waals surface area contributed by atoms with Gasteiger partial charge in [-0.1, -0.05) is 0 Å². The Labute approximate surface area is 119 Å². The topological polar surface area (TPSA) is 76.3 Å². The molecule has 0 N–H and O–H groups in total. The number of rotatable bonds is 5. The molecular formula is C12H14BrN3O3. The number of hydrogen-bond donors (Lipinski definition) is 0. The van der Waals surface area contributed by atoms with Gasteiger partial charge >= 0.3 is 5.82 Å². The van der Waals surface area contributed by atoms with Crippen molar-refractivity contribution in [2.24, 2.45) is 5.92 Å². The van der Waals surface area contributed by atoms with Crippen LogP contribution in [-0.4, -0.2) is 33.8 Å². The first kappa shape index (κ1) is 13.9. The van der Waals surface area contributed by atoms with Crippen LogP contribution in [0.15, 0.2) is 16.7 Å². The van der Waals surface area contributed by atoms with Crippen molar-refractivity contribution < 1.29 is 9.72 Å². The normalized spacial score (nSPS) is 14.2. The van der Waals surface area contributed by atoms with E-state index in [1.807, 2.05) is 6.92 Å². The molecule has 1 amide bonds.